The van der Waals surface area contributed by atoms with Gasteiger partial charge in [-0.2, -0.15) is 0 Å². The molecule has 0 amide bonds. The third-order valence-electron chi connectivity index (χ3n) is 5.06. The van der Waals surface area contributed by atoms with Crippen LogP contribution in [0.15, 0.2) is 85.1 Å². The van der Waals surface area contributed by atoms with Gasteiger partial charge in [0.15, 0.2) is 11.5 Å². The van der Waals surface area contributed by atoms with Crippen molar-refractivity contribution in [1.29, 1.82) is 0 Å². The van der Waals surface area contributed by atoms with Crippen LogP contribution in [0.2, 0.25) is 0 Å². The molecule has 3 aromatic carbocycles. The maximum atomic E-state index is 6.02. The number of pyridine rings is 1. The highest BCUT2D eigenvalue weighted by molar-refractivity contribution is 6.07. The van der Waals surface area contributed by atoms with Gasteiger partial charge in [0.2, 0.25) is 0 Å². The first-order valence-electron chi connectivity index (χ1n) is 9.80. The van der Waals surface area contributed by atoms with E-state index in [0.717, 1.165) is 33.6 Å². The molecule has 2 heterocycles. The Balaban J connectivity index is 1.34. The van der Waals surface area contributed by atoms with Gasteiger partial charge in [0.05, 0.1) is 18.8 Å². The Kier molecular flexibility index (Phi) is 4.69. The van der Waals surface area contributed by atoms with E-state index in [1.54, 1.807) is 7.11 Å². The number of H-pyrrole nitrogens is 1. The van der Waals surface area contributed by atoms with Gasteiger partial charge in [-0.3, -0.25) is 0 Å². The molecule has 2 N–H and O–H groups in total. The fourth-order valence-corrected chi connectivity index (χ4v) is 3.59. The molecule has 5 heteroatoms. The van der Waals surface area contributed by atoms with Gasteiger partial charge < -0.3 is 19.8 Å². The monoisotopic (exact) mass is 395 g/mol. The van der Waals surface area contributed by atoms with Gasteiger partial charge in [-0.15, -0.1) is 0 Å². The number of fused-ring (bicyclic) bond motifs is 3. The van der Waals surface area contributed by atoms with Crippen LogP contribution < -0.4 is 14.8 Å². The summed E-state index contributed by atoms with van der Waals surface area (Å²) < 4.78 is 11.4. The number of methoxy groups -OCH3 is 1. The van der Waals surface area contributed by atoms with E-state index in [9.17, 15) is 0 Å². The fourth-order valence-electron chi connectivity index (χ4n) is 3.59. The van der Waals surface area contributed by atoms with E-state index in [1.807, 2.05) is 54.7 Å². The summed E-state index contributed by atoms with van der Waals surface area (Å²) >= 11 is 0. The minimum absolute atomic E-state index is 0.643. The normalized spacial score (nSPS) is 11.0. The van der Waals surface area contributed by atoms with E-state index in [-0.39, 0.29) is 0 Å². The largest absolute Gasteiger partial charge is 0.493 e. The number of benzene rings is 3. The van der Waals surface area contributed by atoms with E-state index in [4.69, 9.17) is 9.47 Å². The summed E-state index contributed by atoms with van der Waals surface area (Å²) in [6.07, 6.45) is 1.87. The van der Waals surface area contributed by atoms with Crippen molar-refractivity contribution in [2.24, 2.45) is 0 Å². The molecule has 5 rings (SSSR count). The van der Waals surface area contributed by atoms with Crippen molar-refractivity contribution in [3.05, 3.63) is 90.6 Å². The van der Waals surface area contributed by atoms with Crippen LogP contribution in [-0.2, 0) is 6.54 Å². The van der Waals surface area contributed by atoms with Gasteiger partial charge in [0.1, 0.15) is 11.6 Å². The zero-order valence-corrected chi connectivity index (χ0v) is 16.6. The molecule has 0 fully saturated rings. The minimum Gasteiger partial charge on any atom is -0.493 e. The Labute approximate surface area is 174 Å². The number of para-hydroxylation sites is 3. The summed E-state index contributed by atoms with van der Waals surface area (Å²) in [7, 11) is 1.64. The number of nitrogens with zero attached hydrogens (tertiary/aromatic N) is 1. The standard InChI is InChI=1S/C25H21N3O2/c1-29-23-11-4-5-12-24(23)30-18-8-6-7-17(13-18)15-26-25-14-20-19-9-2-3-10-21(19)28-22(20)16-27-25/h2-14,16,28H,15H2,1H3,(H,26,27). The molecule has 0 atom stereocenters. The number of hydrogen-bond acceptors (Lipinski definition) is 4. The Morgan fingerprint density at radius 3 is 2.57 bits per heavy atom. The molecule has 0 unspecified atom stereocenters. The van der Waals surface area contributed by atoms with Crippen LogP contribution in [0.1, 0.15) is 5.56 Å². The lowest BCUT2D eigenvalue weighted by Gasteiger charge is -2.11. The summed E-state index contributed by atoms with van der Waals surface area (Å²) in [5.74, 6) is 3.00. The van der Waals surface area contributed by atoms with E-state index in [1.165, 1.54) is 5.39 Å². The molecule has 5 aromatic rings. The quantitative estimate of drug-likeness (QED) is 0.363. The lowest BCUT2D eigenvalue weighted by atomic mass is 10.2. The molecule has 2 aromatic heterocycles. The van der Waals surface area contributed by atoms with Crippen LogP contribution in [0.25, 0.3) is 21.8 Å². The number of anilines is 1. The van der Waals surface area contributed by atoms with E-state index >= 15 is 0 Å². The zero-order chi connectivity index (χ0) is 20.3. The Hall–Kier alpha value is -3.99. The van der Waals surface area contributed by atoms with E-state index in [2.05, 4.69) is 45.6 Å². The number of aromatic amines is 1. The number of ether oxygens (including phenoxy) is 2. The van der Waals surface area contributed by atoms with Crippen molar-refractivity contribution >= 4 is 27.6 Å². The lowest BCUT2D eigenvalue weighted by Crippen LogP contribution is -2.01. The molecule has 0 aliphatic carbocycles. The average Bonchev–Trinajstić information content (AvgIpc) is 3.16. The molecule has 148 valence electrons. The SMILES string of the molecule is COc1ccccc1Oc1cccc(CNc2cc3c(cn2)[nH]c2ccccc23)c1. The molecule has 0 spiro atoms. The Morgan fingerprint density at radius 2 is 1.67 bits per heavy atom. The molecule has 30 heavy (non-hydrogen) atoms. The fraction of sp³-hybridized carbons (Fsp3) is 0.0800. The third kappa shape index (κ3) is 3.53. The molecule has 0 saturated heterocycles. The maximum absolute atomic E-state index is 6.02. The van der Waals surface area contributed by atoms with Gasteiger partial charge >= 0.3 is 0 Å². The van der Waals surface area contributed by atoms with E-state index < -0.39 is 0 Å². The van der Waals surface area contributed by atoms with Gasteiger partial charge in [-0.25, -0.2) is 4.98 Å². The smallest absolute Gasteiger partial charge is 0.169 e. The second kappa shape index (κ2) is 7.79. The van der Waals surface area contributed by atoms with Crippen LogP contribution in [0.3, 0.4) is 0 Å². The lowest BCUT2D eigenvalue weighted by molar-refractivity contribution is 0.379. The first kappa shape index (κ1) is 18.1. The van der Waals surface area contributed by atoms with Crippen molar-refractivity contribution in [1.82, 2.24) is 9.97 Å². The van der Waals surface area contributed by atoms with Crippen molar-refractivity contribution in [3.8, 4) is 17.2 Å². The highest BCUT2D eigenvalue weighted by Crippen LogP contribution is 2.31. The topological polar surface area (TPSA) is 59.2 Å². The maximum Gasteiger partial charge on any atom is 0.169 e. The number of rotatable bonds is 6. The summed E-state index contributed by atoms with van der Waals surface area (Å²) in [6, 6.07) is 26.0. The van der Waals surface area contributed by atoms with Crippen LogP contribution in [0.4, 0.5) is 5.82 Å². The minimum atomic E-state index is 0.643. The van der Waals surface area contributed by atoms with Crippen molar-refractivity contribution in [2.75, 3.05) is 12.4 Å². The highest BCUT2D eigenvalue weighted by atomic mass is 16.5. The van der Waals surface area contributed by atoms with Gasteiger partial charge in [0.25, 0.3) is 0 Å². The molecule has 0 bridgehead atoms. The third-order valence-corrected chi connectivity index (χ3v) is 5.06. The zero-order valence-electron chi connectivity index (χ0n) is 16.6. The molecular weight excluding hydrogens is 374 g/mol. The number of aromatic nitrogens is 2. The average molecular weight is 395 g/mol. The predicted octanol–water partition coefficient (Wildman–Crippen LogP) is 6.13. The van der Waals surface area contributed by atoms with Crippen molar-refractivity contribution in [3.63, 3.8) is 0 Å². The van der Waals surface area contributed by atoms with Crippen LogP contribution in [-0.4, -0.2) is 17.1 Å². The Morgan fingerprint density at radius 1 is 0.833 bits per heavy atom. The van der Waals surface area contributed by atoms with E-state index in [0.29, 0.717) is 18.0 Å². The molecular formula is C25H21N3O2. The van der Waals surface area contributed by atoms with Gasteiger partial charge in [-0.05, 0) is 42.0 Å². The van der Waals surface area contributed by atoms with Gasteiger partial charge in [-0.1, -0.05) is 42.5 Å². The van der Waals surface area contributed by atoms with Crippen LogP contribution >= 0.6 is 0 Å². The van der Waals surface area contributed by atoms with Crippen molar-refractivity contribution < 1.29 is 9.47 Å². The predicted molar refractivity (Wildman–Crippen MR) is 120 cm³/mol. The molecule has 0 aliphatic rings. The molecule has 5 nitrogen and oxygen atoms in total. The molecule has 0 saturated carbocycles. The highest BCUT2D eigenvalue weighted by Gasteiger charge is 2.07. The summed E-state index contributed by atoms with van der Waals surface area (Å²) in [5.41, 5.74) is 3.25. The van der Waals surface area contributed by atoms with Gasteiger partial charge in [0, 0.05) is 22.8 Å². The first-order valence-corrected chi connectivity index (χ1v) is 9.80. The summed E-state index contributed by atoms with van der Waals surface area (Å²) in [5, 5.41) is 5.78. The Bertz CT molecular complexity index is 1330. The second-order valence-electron chi connectivity index (χ2n) is 7.04. The van der Waals surface area contributed by atoms with Crippen LogP contribution in [0, 0.1) is 0 Å². The second-order valence-corrected chi connectivity index (χ2v) is 7.04. The summed E-state index contributed by atoms with van der Waals surface area (Å²) in [6.45, 7) is 0.643. The summed E-state index contributed by atoms with van der Waals surface area (Å²) in [4.78, 5) is 7.94. The van der Waals surface area contributed by atoms with Crippen LogP contribution in [0.5, 0.6) is 17.2 Å². The molecule has 0 aliphatic heterocycles. The number of hydrogen-bond donors (Lipinski definition) is 2. The van der Waals surface area contributed by atoms with Crippen molar-refractivity contribution in [2.45, 2.75) is 6.54 Å². The first-order chi connectivity index (χ1) is 14.8. The molecule has 0 radical (unpaired) electrons. The number of nitrogens with one attached hydrogen (secondary N) is 2.